The first-order valence-electron chi connectivity index (χ1n) is 7.89. The summed E-state index contributed by atoms with van der Waals surface area (Å²) in [7, 11) is -3.61. The van der Waals surface area contributed by atoms with Gasteiger partial charge in [-0.05, 0) is 42.0 Å². The van der Waals surface area contributed by atoms with E-state index >= 15 is 0 Å². The Hall–Kier alpha value is -2.01. The molecule has 0 saturated heterocycles. The van der Waals surface area contributed by atoms with Gasteiger partial charge in [-0.15, -0.1) is 0 Å². The molecule has 10 heteroatoms. The highest BCUT2D eigenvalue weighted by molar-refractivity contribution is 7.89. The SMILES string of the molecule is O=S(=O)(NCCO)c1ccc(C2=NN(Cc3ccc(Cl)cc3)N[NH2+]2)cc1. The molecule has 26 heavy (non-hydrogen) atoms. The average molecular weight is 397 g/mol. The first kappa shape index (κ1) is 18.8. The van der Waals surface area contributed by atoms with Gasteiger partial charge in [0.25, 0.3) is 5.84 Å². The van der Waals surface area contributed by atoms with E-state index in [4.69, 9.17) is 16.7 Å². The number of amidine groups is 1. The van der Waals surface area contributed by atoms with Crippen LogP contribution < -0.4 is 15.7 Å². The first-order chi connectivity index (χ1) is 12.5. The lowest BCUT2D eigenvalue weighted by molar-refractivity contribution is -0.620. The highest BCUT2D eigenvalue weighted by Crippen LogP contribution is 2.13. The summed E-state index contributed by atoms with van der Waals surface area (Å²) in [6.07, 6.45) is 0. The number of halogens is 1. The number of hydrazone groups is 1. The van der Waals surface area contributed by atoms with Gasteiger partial charge in [0.1, 0.15) is 0 Å². The molecule has 0 saturated carbocycles. The van der Waals surface area contributed by atoms with Crippen molar-refractivity contribution < 1.29 is 19.0 Å². The second-order valence-electron chi connectivity index (χ2n) is 5.59. The van der Waals surface area contributed by atoms with Gasteiger partial charge in [0.15, 0.2) is 0 Å². The Labute approximate surface area is 156 Å². The Bertz CT molecular complexity index is 885. The van der Waals surface area contributed by atoms with Crippen molar-refractivity contribution in [2.24, 2.45) is 5.10 Å². The number of sulfonamides is 1. The van der Waals surface area contributed by atoms with Crippen LogP contribution in [0.15, 0.2) is 58.5 Å². The molecule has 2 aromatic rings. The van der Waals surface area contributed by atoms with Gasteiger partial charge in [-0.3, -0.25) is 0 Å². The van der Waals surface area contributed by atoms with E-state index in [0.717, 1.165) is 11.1 Å². The lowest BCUT2D eigenvalue weighted by Crippen LogP contribution is -2.95. The van der Waals surface area contributed by atoms with E-state index in [-0.39, 0.29) is 18.0 Å². The molecule has 2 aromatic carbocycles. The van der Waals surface area contributed by atoms with Crippen LogP contribution in [-0.4, -0.2) is 37.6 Å². The highest BCUT2D eigenvalue weighted by atomic mass is 35.5. The molecule has 0 aromatic heterocycles. The molecule has 0 amide bonds. The number of rotatable bonds is 7. The third-order valence-corrected chi connectivity index (χ3v) is 5.42. The molecule has 5 N–H and O–H groups in total. The van der Waals surface area contributed by atoms with E-state index in [1.54, 1.807) is 22.7 Å². The molecule has 0 spiro atoms. The van der Waals surface area contributed by atoms with Crippen molar-refractivity contribution in [1.29, 1.82) is 0 Å². The van der Waals surface area contributed by atoms with E-state index in [2.05, 4.69) is 15.4 Å². The van der Waals surface area contributed by atoms with Crippen LogP contribution in [0.1, 0.15) is 11.1 Å². The molecule has 0 radical (unpaired) electrons. The predicted octanol–water partition coefficient (Wildman–Crippen LogP) is -0.229. The molecule has 0 aliphatic carbocycles. The number of hydrogen-bond acceptors (Lipinski definition) is 6. The van der Waals surface area contributed by atoms with Crippen molar-refractivity contribution in [3.05, 3.63) is 64.7 Å². The highest BCUT2D eigenvalue weighted by Gasteiger charge is 2.21. The van der Waals surface area contributed by atoms with Crippen molar-refractivity contribution in [3.8, 4) is 0 Å². The van der Waals surface area contributed by atoms with Crippen LogP contribution in [0.25, 0.3) is 0 Å². The molecule has 1 aliphatic rings. The van der Waals surface area contributed by atoms with Crippen LogP contribution in [0.4, 0.5) is 0 Å². The molecule has 0 atom stereocenters. The zero-order valence-electron chi connectivity index (χ0n) is 13.8. The van der Waals surface area contributed by atoms with Crippen LogP contribution in [0.2, 0.25) is 5.02 Å². The lowest BCUT2D eigenvalue weighted by Gasteiger charge is -2.09. The van der Waals surface area contributed by atoms with Crippen molar-refractivity contribution >= 4 is 27.5 Å². The lowest BCUT2D eigenvalue weighted by atomic mass is 10.2. The van der Waals surface area contributed by atoms with Crippen molar-refractivity contribution in [3.63, 3.8) is 0 Å². The summed E-state index contributed by atoms with van der Waals surface area (Å²) in [5.41, 5.74) is 6.65. The van der Waals surface area contributed by atoms with Crippen molar-refractivity contribution in [2.75, 3.05) is 13.2 Å². The van der Waals surface area contributed by atoms with Crippen molar-refractivity contribution in [1.82, 2.24) is 15.4 Å². The Morgan fingerprint density at radius 2 is 1.85 bits per heavy atom. The number of hydrogen-bond donors (Lipinski definition) is 4. The summed E-state index contributed by atoms with van der Waals surface area (Å²) < 4.78 is 26.3. The molecule has 0 unspecified atom stereocenters. The summed E-state index contributed by atoms with van der Waals surface area (Å²) in [5.74, 6) is 0.700. The fraction of sp³-hybridized carbons (Fsp3) is 0.188. The number of quaternary nitrogens is 1. The maximum Gasteiger partial charge on any atom is 0.270 e. The van der Waals surface area contributed by atoms with Crippen LogP contribution in [0, 0.1) is 0 Å². The Balaban J connectivity index is 1.68. The minimum atomic E-state index is -3.61. The number of benzene rings is 2. The topological polar surface area (TPSA) is 111 Å². The normalized spacial score (nSPS) is 14.5. The third kappa shape index (κ3) is 4.58. The molecular formula is C16H19ClN5O3S+. The van der Waals surface area contributed by atoms with Gasteiger partial charge < -0.3 is 5.11 Å². The summed E-state index contributed by atoms with van der Waals surface area (Å²) >= 11 is 5.88. The van der Waals surface area contributed by atoms with Gasteiger partial charge in [0.05, 0.1) is 23.6 Å². The van der Waals surface area contributed by atoms with Crippen LogP contribution in [-0.2, 0) is 16.6 Å². The Morgan fingerprint density at radius 1 is 1.15 bits per heavy atom. The predicted molar refractivity (Wildman–Crippen MR) is 97.3 cm³/mol. The molecule has 0 bridgehead atoms. The van der Waals surface area contributed by atoms with Gasteiger partial charge in [-0.25, -0.2) is 13.1 Å². The Kier molecular flexibility index (Phi) is 5.87. The number of nitrogens with one attached hydrogen (secondary N) is 2. The second kappa shape index (κ2) is 8.12. The first-order valence-corrected chi connectivity index (χ1v) is 9.75. The zero-order valence-corrected chi connectivity index (χ0v) is 15.3. The molecule has 1 heterocycles. The smallest absolute Gasteiger partial charge is 0.270 e. The number of aliphatic hydroxyl groups excluding tert-OH is 1. The number of nitrogens with zero attached hydrogens (tertiary/aromatic N) is 2. The van der Waals surface area contributed by atoms with Crippen LogP contribution in [0.3, 0.4) is 0 Å². The van der Waals surface area contributed by atoms with Gasteiger partial charge >= 0.3 is 0 Å². The van der Waals surface area contributed by atoms with E-state index in [9.17, 15) is 8.42 Å². The largest absolute Gasteiger partial charge is 0.395 e. The number of aliphatic hydroxyl groups is 1. The minimum Gasteiger partial charge on any atom is -0.395 e. The molecule has 3 rings (SSSR count). The summed E-state index contributed by atoms with van der Waals surface area (Å²) in [6, 6.07) is 13.9. The van der Waals surface area contributed by atoms with E-state index < -0.39 is 10.0 Å². The molecule has 0 fully saturated rings. The molecular weight excluding hydrogens is 378 g/mol. The molecule has 1 aliphatic heterocycles. The molecule has 8 nitrogen and oxygen atoms in total. The summed E-state index contributed by atoms with van der Waals surface area (Å²) in [5, 5.41) is 15.6. The van der Waals surface area contributed by atoms with Gasteiger partial charge in [-0.1, -0.05) is 34.4 Å². The maximum absolute atomic E-state index is 12.0. The average Bonchev–Trinajstić information content (AvgIpc) is 3.11. The zero-order chi connectivity index (χ0) is 18.6. The van der Waals surface area contributed by atoms with Crippen LogP contribution >= 0.6 is 11.6 Å². The number of nitrogens with two attached hydrogens (primary N) is 1. The maximum atomic E-state index is 12.0. The Morgan fingerprint density at radius 3 is 2.50 bits per heavy atom. The van der Waals surface area contributed by atoms with E-state index in [1.807, 2.05) is 24.3 Å². The van der Waals surface area contributed by atoms with Crippen LogP contribution in [0.5, 0.6) is 0 Å². The quantitative estimate of drug-likeness (QED) is 0.483. The minimum absolute atomic E-state index is 0.0197. The van der Waals surface area contributed by atoms with Gasteiger partial charge in [0, 0.05) is 11.6 Å². The standard InChI is InChI=1S/C16H18ClN5O3S/c17-14-5-1-12(2-6-14)11-22-20-16(19-21-22)13-3-7-15(8-4-13)26(24,25)18-9-10-23/h1-8,18,21,23H,9-11H2,(H,19,20)/p+1. The van der Waals surface area contributed by atoms with E-state index in [0.29, 0.717) is 17.4 Å². The fourth-order valence-electron chi connectivity index (χ4n) is 2.38. The van der Waals surface area contributed by atoms with Crippen molar-refractivity contribution in [2.45, 2.75) is 11.4 Å². The summed E-state index contributed by atoms with van der Waals surface area (Å²) in [4.78, 5) is 0.138. The fourth-order valence-corrected chi connectivity index (χ4v) is 3.52. The van der Waals surface area contributed by atoms with E-state index in [1.165, 1.54) is 12.1 Å². The number of hydrazine groups is 1. The molecule has 138 valence electrons. The monoisotopic (exact) mass is 396 g/mol. The summed E-state index contributed by atoms with van der Waals surface area (Å²) in [6.45, 7) is 0.293. The van der Waals surface area contributed by atoms with Gasteiger partial charge in [-0.2, -0.15) is 10.5 Å². The second-order valence-corrected chi connectivity index (χ2v) is 7.79. The van der Waals surface area contributed by atoms with Gasteiger partial charge in [0.2, 0.25) is 10.0 Å². The third-order valence-electron chi connectivity index (χ3n) is 3.69.